The van der Waals surface area contributed by atoms with E-state index in [-0.39, 0.29) is 31.1 Å². The minimum absolute atomic E-state index is 0. The van der Waals surface area contributed by atoms with Gasteiger partial charge in [-0.1, -0.05) is 25.0 Å². The molecule has 2 saturated heterocycles. The first-order chi connectivity index (χ1) is 21.1. The number of fused-ring (bicyclic) bond motifs is 9. The minimum atomic E-state index is 0. The smallest absolute Gasteiger partial charge is 0.380 e. The van der Waals surface area contributed by atoms with Gasteiger partial charge in [-0.3, -0.25) is 9.80 Å². The molecule has 2 aliphatic heterocycles. The zero-order chi connectivity index (χ0) is 30.8. The molecule has 0 amide bonds. The van der Waals surface area contributed by atoms with Crippen LogP contribution < -0.4 is 0 Å². The topological polar surface area (TPSA) is 49.9 Å². The van der Waals surface area contributed by atoms with Gasteiger partial charge in [-0.05, 0) is 38.6 Å². The van der Waals surface area contributed by atoms with Crippen molar-refractivity contribution < 1.29 is 50.1 Å². The van der Waals surface area contributed by atoms with E-state index < -0.39 is 0 Å². The van der Waals surface area contributed by atoms with Gasteiger partial charge in [0.1, 0.15) is 0 Å². The van der Waals surface area contributed by atoms with E-state index in [1.165, 1.54) is 30.4 Å². The van der Waals surface area contributed by atoms with Gasteiger partial charge in [0, 0.05) is 70.7 Å². The summed E-state index contributed by atoms with van der Waals surface area (Å²) in [6.07, 6.45) is 8.51. The summed E-state index contributed by atoms with van der Waals surface area (Å²) in [6, 6.07) is 0. The second-order valence-electron chi connectivity index (χ2n) is 11.7. The van der Waals surface area contributed by atoms with Crippen molar-refractivity contribution in [2.24, 2.45) is 0 Å². The van der Waals surface area contributed by atoms with Gasteiger partial charge in [-0.25, -0.2) is 0 Å². The van der Waals surface area contributed by atoms with Crippen molar-refractivity contribution >= 4 is 11.8 Å². The predicted molar refractivity (Wildman–Crippen MR) is 183 cm³/mol. The van der Waals surface area contributed by atoms with Crippen LogP contribution in [0.4, 0.5) is 0 Å². The maximum Gasteiger partial charge on any atom is 2.00 e. The fraction of sp³-hybridized carbons (Fsp3) is 0.824. The first kappa shape index (κ1) is 42.6. The van der Waals surface area contributed by atoms with Crippen LogP contribution in [0, 0.1) is 45.0 Å². The van der Waals surface area contributed by atoms with Crippen LogP contribution in [0.15, 0.2) is 24.3 Å². The zero-order valence-electron chi connectivity index (χ0n) is 28.0. The molecule has 2 aliphatic rings. The standard InChI is InChI=1S/C34H64N4O4S.U/c1-5-33(3)11-15-36-16-12-34(4)13-24-40-25-19-35(6-2)31-43-32-38-14-9-7-8-10-23-39-26-20-37(18-17-36)21-27-41-29-30-42-28-22-38;/h1-32H2;/q-2;+2. The summed E-state index contributed by atoms with van der Waals surface area (Å²) >= 11 is 1.97. The molecule has 10 heteroatoms. The summed E-state index contributed by atoms with van der Waals surface area (Å²) in [6.45, 7) is 32.2. The van der Waals surface area contributed by atoms with Crippen molar-refractivity contribution in [1.29, 1.82) is 0 Å². The fourth-order valence-corrected chi connectivity index (χ4v) is 6.14. The molecular weight excluding hydrogens is 798 g/mol. The van der Waals surface area contributed by atoms with Gasteiger partial charge < -0.3 is 42.6 Å². The van der Waals surface area contributed by atoms with E-state index in [0.717, 1.165) is 142 Å². The Labute approximate surface area is 299 Å². The van der Waals surface area contributed by atoms with Crippen LogP contribution in [0.3, 0.4) is 0 Å². The van der Waals surface area contributed by atoms with Crippen LogP contribution in [-0.4, -0.2) is 150 Å². The van der Waals surface area contributed by atoms with E-state index in [9.17, 15) is 0 Å². The fourth-order valence-electron chi connectivity index (χ4n) is 5.03. The third-order valence-corrected chi connectivity index (χ3v) is 9.30. The van der Waals surface area contributed by atoms with E-state index in [1.807, 2.05) is 11.8 Å². The molecule has 2 rings (SSSR count). The molecule has 2 heterocycles. The molecular formula is C34H64N4O4SU. The van der Waals surface area contributed by atoms with Gasteiger partial charge >= 0.3 is 31.1 Å². The summed E-state index contributed by atoms with van der Waals surface area (Å²) in [5, 5.41) is 0. The molecule has 0 aromatic carbocycles. The monoisotopic (exact) mass is 863 g/mol. The Morgan fingerprint density at radius 3 is 2.02 bits per heavy atom. The van der Waals surface area contributed by atoms with Crippen molar-refractivity contribution in [2.45, 2.75) is 51.4 Å². The second-order valence-corrected chi connectivity index (χ2v) is 12.7. The van der Waals surface area contributed by atoms with E-state index in [2.05, 4.69) is 46.6 Å². The van der Waals surface area contributed by atoms with Crippen LogP contribution >= 0.6 is 11.8 Å². The molecule has 0 aromatic rings. The average Bonchev–Trinajstić information content (AvgIpc) is 3.01. The van der Waals surface area contributed by atoms with Gasteiger partial charge in [0.25, 0.3) is 0 Å². The van der Waals surface area contributed by atoms with Crippen molar-refractivity contribution in [3.05, 3.63) is 38.2 Å². The molecule has 2 unspecified atom stereocenters. The number of nitrogens with zero attached hydrogens (tertiary/aromatic N) is 4. The van der Waals surface area contributed by atoms with Gasteiger partial charge in [-0.2, -0.15) is 6.42 Å². The molecule has 0 radical (unpaired) electrons. The van der Waals surface area contributed by atoms with Gasteiger partial charge in [-0.15, -0.1) is 30.5 Å². The average molecular weight is 863 g/mol. The Balaban J connectivity index is 0.00000968. The third-order valence-electron chi connectivity index (χ3n) is 8.21. The Hall–Kier alpha value is 0.562. The van der Waals surface area contributed by atoms with E-state index in [4.69, 9.17) is 18.9 Å². The summed E-state index contributed by atoms with van der Waals surface area (Å²) < 4.78 is 24.1. The third kappa shape index (κ3) is 23.0. The second kappa shape index (κ2) is 29.7. The maximum absolute atomic E-state index is 6.08. The SMILES string of the molecule is C=C(C[CH2-])CCN1CCC(=C)CCOCCN(C[CH2-])CSCN2CCCCCCOCCN(CCOCCOCC2)CC1.[U+2]. The molecule has 0 aromatic heterocycles. The van der Waals surface area contributed by atoms with Gasteiger partial charge in [0.05, 0.1) is 46.2 Å². The number of hydrogen-bond donors (Lipinski definition) is 0. The van der Waals surface area contributed by atoms with E-state index >= 15 is 0 Å². The van der Waals surface area contributed by atoms with E-state index in [1.54, 1.807) is 0 Å². The summed E-state index contributed by atoms with van der Waals surface area (Å²) in [5.41, 5.74) is 2.48. The number of ether oxygens (including phenoxy) is 4. The van der Waals surface area contributed by atoms with Crippen LogP contribution in [0.25, 0.3) is 0 Å². The molecule has 44 heavy (non-hydrogen) atoms. The maximum atomic E-state index is 6.08. The molecule has 0 saturated carbocycles. The largest absolute Gasteiger partial charge is 2.00 e. The molecule has 254 valence electrons. The molecule has 2 atom stereocenters. The zero-order valence-corrected chi connectivity index (χ0v) is 32.9. The Morgan fingerprint density at radius 1 is 0.636 bits per heavy atom. The predicted octanol–water partition coefficient (Wildman–Crippen LogP) is 4.84. The van der Waals surface area contributed by atoms with Crippen molar-refractivity contribution in [3.8, 4) is 0 Å². The van der Waals surface area contributed by atoms with Crippen molar-refractivity contribution in [1.82, 2.24) is 19.6 Å². The number of rotatable bonds is 5. The quantitative estimate of drug-likeness (QED) is 0.220. The molecule has 8 nitrogen and oxygen atoms in total. The number of thioether (sulfide) groups is 1. The Kier molecular flexibility index (Phi) is 28.7. The Morgan fingerprint density at radius 2 is 1.30 bits per heavy atom. The van der Waals surface area contributed by atoms with E-state index in [0.29, 0.717) is 19.8 Å². The minimum Gasteiger partial charge on any atom is -0.380 e. The molecule has 2 fully saturated rings. The van der Waals surface area contributed by atoms with Crippen LogP contribution in [0.1, 0.15) is 51.4 Å². The Bertz CT molecular complexity index is 708. The van der Waals surface area contributed by atoms with Crippen LogP contribution in [0.5, 0.6) is 0 Å². The van der Waals surface area contributed by atoms with Gasteiger partial charge in [0.15, 0.2) is 0 Å². The summed E-state index contributed by atoms with van der Waals surface area (Å²) in [5.74, 6) is 1.98. The molecule has 0 spiro atoms. The molecule has 2 bridgehead atoms. The van der Waals surface area contributed by atoms with Crippen LogP contribution in [-0.2, 0) is 18.9 Å². The van der Waals surface area contributed by atoms with Crippen molar-refractivity contribution in [3.63, 3.8) is 0 Å². The summed E-state index contributed by atoms with van der Waals surface area (Å²) in [7, 11) is 0. The van der Waals surface area contributed by atoms with Crippen LogP contribution in [0.2, 0.25) is 0 Å². The first-order valence-electron chi connectivity index (χ1n) is 16.8. The molecule has 0 aliphatic carbocycles. The first-order valence-corrected chi connectivity index (χ1v) is 18.0. The normalized spacial score (nSPS) is 25.7. The van der Waals surface area contributed by atoms with Crippen molar-refractivity contribution in [2.75, 3.05) is 130 Å². The molecule has 0 N–H and O–H groups in total. The summed E-state index contributed by atoms with van der Waals surface area (Å²) in [4.78, 5) is 9.97. The number of hydrogen-bond acceptors (Lipinski definition) is 9. The van der Waals surface area contributed by atoms with Gasteiger partial charge in [0.2, 0.25) is 0 Å².